The van der Waals surface area contributed by atoms with Crippen LogP contribution in [0.1, 0.15) is 35.2 Å². The van der Waals surface area contributed by atoms with Crippen molar-refractivity contribution < 1.29 is 18.7 Å². The van der Waals surface area contributed by atoms with Crippen LogP contribution in [0.25, 0.3) is 0 Å². The zero-order chi connectivity index (χ0) is 14.1. The first kappa shape index (κ1) is 13.2. The summed E-state index contributed by atoms with van der Waals surface area (Å²) in [6.07, 6.45) is 2.22. The van der Waals surface area contributed by atoms with E-state index in [1.165, 1.54) is 6.07 Å². The van der Waals surface area contributed by atoms with Crippen LogP contribution in [0.4, 0.5) is 10.1 Å². The van der Waals surface area contributed by atoms with E-state index >= 15 is 0 Å². The number of benzene rings is 1. The van der Waals surface area contributed by atoms with Crippen molar-refractivity contribution in [2.24, 2.45) is 5.92 Å². The number of hydrogen-bond donors (Lipinski definition) is 1. The molecule has 2 aliphatic rings. The van der Waals surface area contributed by atoms with Crippen molar-refractivity contribution in [3.63, 3.8) is 0 Å². The monoisotopic (exact) mass is 277 g/mol. The Bertz CT molecular complexity index is 564. The molecule has 3 rings (SSSR count). The molecule has 0 aliphatic carbocycles. The Hall–Kier alpha value is -1.75. The first-order chi connectivity index (χ1) is 9.65. The quantitative estimate of drug-likeness (QED) is 0.844. The molecule has 0 aromatic heterocycles. The van der Waals surface area contributed by atoms with Gasteiger partial charge in [0, 0.05) is 31.2 Å². The van der Waals surface area contributed by atoms with Crippen molar-refractivity contribution >= 4 is 17.4 Å². The molecule has 1 amide bonds. The number of ether oxygens (including phenoxy) is 1. The predicted molar refractivity (Wildman–Crippen MR) is 71.2 cm³/mol. The summed E-state index contributed by atoms with van der Waals surface area (Å²) in [6, 6.07) is 2.86. The summed E-state index contributed by atoms with van der Waals surface area (Å²) in [5, 5.41) is 2.64. The molecular formula is C15H16FNO3. The van der Waals surface area contributed by atoms with E-state index in [-0.39, 0.29) is 23.2 Å². The van der Waals surface area contributed by atoms with Gasteiger partial charge in [0.05, 0.1) is 5.56 Å². The number of ketones is 1. The summed E-state index contributed by atoms with van der Waals surface area (Å²) in [6.45, 7) is 1.11. The van der Waals surface area contributed by atoms with Crippen molar-refractivity contribution in [1.82, 2.24) is 0 Å². The fourth-order valence-corrected chi connectivity index (χ4v) is 2.77. The highest BCUT2D eigenvalue weighted by Crippen LogP contribution is 2.29. The highest BCUT2D eigenvalue weighted by Gasteiger charge is 2.27. The van der Waals surface area contributed by atoms with Gasteiger partial charge in [0.15, 0.2) is 5.78 Å². The van der Waals surface area contributed by atoms with Gasteiger partial charge in [-0.25, -0.2) is 4.39 Å². The van der Waals surface area contributed by atoms with Crippen LogP contribution in [0, 0.1) is 11.7 Å². The lowest BCUT2D eigenvalue weighted by atomic mass is 9.89. The molecule has 1 fully saturated rings. The van der Waals surface area contributed by atoms with E-state index < -0.39 is 5.82 Å². The lowest BCUT2D eigenvalue weighted by Crippen LogP contribution is -2.25. The standard InChI is InChI=1S/C15H16FNO3/c16-12-8-13-10(1-2-14(18)17-13)7-11(12)15(19)9-3-5-20-6-4-9/h7-9H,1-6H2,(H,17,18). The molecule has 1 aromatic carbocycles. The van der Waals surface area contributed by atoms with Crippen LogP contribution < -0.4 is 5.32 Å². The molecule has 5 heteroatoms. The SMILES string of the molecule is O=C1CCc2cc(C(=O)C3CCOCC3)c(F)cc2N1. The van der Waals surface area contributed by atoms with Crippen molar-refractivity contribution in [2.45, 2.75) is 25.7 Å². The van der Waals surface area contributed by atoms with Crippen molar-refractivity contribution in [1.29, 1.82) is 0 Å². The molecule has 2 heterocycles. The fourth-order valence-electron chi connectivity index (χ4n) is 2.77. The molecule has 0 radical (unpaired) electrons. The molecule has 0 unspecified atom stereocenters. The van der Waals surface area contributed by atoms with Crippen LogP contribution in [0.2, 0.25) is 0 Å². The second-order valence-electron chi connectivity index (χ2n) is 5.29. The lowest BCUT2D eigenvalue weighted by Gasteiger charge is -2.22. The molecule has 4 nitrogen and oxygen atoms in total. The second-order valence-corrected chi connectivity index (χ2v) is 5.29. The molecule has 20 heavy (non-hydrogen) atoms. The number of aryl methyl sites for hydroxylation is 1. The number of hydrogen-bond acceptors (Lipinski definition) is 3. The largest absolute Gasteiger partial charge is 0.381 e. The smallest absolute Gasteiger partial charge is 0.224 e. The normalized spacial score (nSPS) is 19.4. The average molecular weight is 277 g/mol. The highest BCUT2D eigenvalue weighted by molar-refractivity contribution is 6.00. The Morgan fingerprint density at radius 2 is 2.00 bits per heavy atom. The van der Waals surface area contributed by atoms with Crippen molar-refractivity contribution in [3.05, 3.63) is 29.1 Å². The third-order valence-corrected chi connectivity index (χ3v) is 3.95. The van der Waals surface area contributed by atoms with Crippen LogP contribution >= 0.6 is 0 Å². The van der Waals surface area contributed by atoms with E-state index in [2.05, 4.69) is 5.32 Å². The number of carbonyl (C=O) groups is 2. The maximum Gasteiger partial charge on any atom is 0.224 e. The Kier molecular flexibility index (Phi) is 3.53. The summed E-state index contributed by atoms with van der Waals surface area (Å²) in [4.78, 5) is 23.7. The third-order valence-electron chi connectivity index (χ3n) is 3.95. The van der Waals surface area contributed by atoms with E-state index in [1.54, 1.807) is 6.07 Å². The molecule has 0 spiro atoms. The minimum atomic E-state index is -0.553. The minimum absolute atomic E-state index is 0.111. The zero-order valence-electron chi connectivity index (χ0n) is 11.1. The molecule has 1 N–H and O–H groups in total. The second kappa shape index (κ2) is 5.32. The summed E-state index contributed by atoms with van der Waals surface area (Å²) < 4.78 is 19.3. The summed E-state index contributed by atoms with van der Waals surface area (Å²) in [5.74, 6) is -0.970. The van der Waals surface area contributed by atoms with Gasteiger partial charge in [-0.3, -0.25) is 9.59 Å². The van der Waals surface area contributed by atoms with Crippen LogP contribution in [0.15, 0.2) is 12.1 Å². The Morgan fingerprint density at radius 1 is 1.25 bits per heavy atom. The molecule has 0 bridgehead atoms. The predicted octanol–water partition coefficient (Wildman–Crippen LogP) is 2.32. The van der Waals surface area contributed by atoms with Crippen LogP contribution in [0.5, 0.6) is 0 Å². The summed E-state index contributed by atoms with van der Waals surface area (Å²) in [7, 11) is 0. The van der Waals surface area contributed by atoms with Gasteiger partial charge < -0.3 is 10.1 Å². The first-order valence-electron chi connectivity index (χ1n) is 6.89. The summed E-state index contributed by atoms with van der Waals surface area (Å²) in [5.41, 5.74) is 1.47. The third kappa shape index (κ3) is 2.45. The van der Waals surface area contributed by atoms with E-state index in [9.17, 15) is 14.0 Å². The molecular weight excluding hydrogens is 261 g/mol. The molecule has 1 aromatic rings. The molecule has 0 saturated carbocycles. The first-order valence-corrected chi connectivity index (χ1v) is 6.89. The number of fused-ring (bicyclic) bond motifs is 1. The van der Waals surface area contributed by atoms with E-state index in [0.717, 1.165) is 5.56 Å². The Labute approximate surface area is 116 Å². The summed E-state index contributed by atoms with van der Waals surface area (Å²) >= 11 is 0. The van der Waals surface area contributed by atoms with Crippen molar-refractivity contribution in [2.75, 3.05) is 18.5 Å². The zero-order valence-corrected chi connectivity index (χ0v) is 11.1. The van der Waals surface area contributed by atoms with Crippen LogP contribution in [-0.2, 0) is 16.0 Å². The van der Waals surface area contributed by atoms with Gasteiger partial charge >= 0.3 is 0 Å². The van der Waals surface area contributed by atoms with Gasteiger partial charge in [0.2, 0.25) is 5.91 Å². The van der Waals surface area contributed by atoms with Gasteiger partial charge in [-0.1, -0.05) is 0 Å². The number of halogens is 1. The molecule has 1 saturated heterocycles. The number of Topliss-reactive ketones (excluding diaryl/α,β-unsaturated/α-hetero) is 1. The van der Waals surface area contributed by atoms with E-state index in [1.807, 2.05) is 0 Å². The Morgan fingerprint density at radius 3 is 2.75 bits per heavy atom. The Balaban J connectivity index is 1.89. The van der Waals surface area contributed by atoms with Gasteiger partial charge in [0.1, 0.15) is 5.82 Å². The van der Waals surface area contributed by atoms with Gasteiger partial charge in [0.25, 0.3) is 0 Å². The molecule has 106 valence electrons. The minimum Gasteiger partial charge on any atom is -0.381 e. The number of anilines is 1. The molecule has 0 atom stereocenters. The average Bonchev–Trinajstić information content (AvgIpc) is 2.46. The fraction of sp³-hybridized carbons (Fsp3) is 0.467. The number of rotatable bonds is 2. The number of amides is 1. The van der Waals surface area contributed by atoms with Crippen LogP contribution in [0.3, 0.4) is 0 Å². The molecule has 2 aliphatic heterocycles. The topological polar surface area (TPSA) is 55.4 Å². The van der Waals surface area contributed by atoms with Gasteiger partial charge in [-0.2, -0.15) is 0 Å². The lowest BCUT2D eigenvalue weighted by molar-refractivity contribution is -0.116. The maximum absolute atomic E-state index is 14.1. The number of nitrogens with one attached hydrogen (secondary N) is 1. The highest BCUT2D eigenvalue weighted by atomic mass is 19.1. The van der Waals surface area contributed by atoms with Gasteiger partial charge in [-0.15, -0.1) is 0 Å². The number of carbonyl (C=O) groups excluding carboxylic acids is 2. The van der Waals surface area contributed by atoms with Crippen molar-refractivity contribution in [3.8, 4) is 0 Å². The van der Waals surface area contributed by atoms with Gasteiger partial charge in [-0.05, 0) is 37.0 Å². The maximum atomic E-state index is 14.1. The van der Waals surface area contributed by atoms with Crippen LogP contribution in [-0.4, -0.2) is 24.9 Å². The van der Waals surface area contributed by atoms with E-state index in [4.69, 9.17) is 4.74 Å². The van der Waals surface area contributed by atoms with E-state index in [0.29, 0.717) is 44.6 Å².